The summed E-state index contributed by atoms with van der Waals surface area (Å²) in [4.78, 5) is 18.3. The number of nitrogens with zero attached hydrogens (tertiary/aromatic N) is 4. The molecule has 1 saturated carbocycles. The van der Waals surface area contributed by atoms with Crippen molar-refractivity contribution in [1.82, 2.24) is 4.98 Å². The Labute approximate surface area is 166 Å². The predicted molar refractivity (Wildman–Crippen MR) is 98.5 cm³/mol. The number of carboxylic acid groups (broad SMARTS) is 1. The number of nitriles is 1. The maximum atomic E-state index is 13.5. The van der Waals surface area contributed by atoms with Gasteiger partial charge in [0.05, 0.1) is 11.7 Å². The zero-order chi connectivity index (χ0) is 21.5. The average Bonchev–Trinajstić information content (AvgIpc) is 3.07. The molecule has 10 heteroatoms. The van der Waals surface area contributed by atoms with Gasteiger partial charge in [-0.05, 0) is 23.8 Å². The highest BCUT2D eigenvalue weighted by Gasteiger charge is 2.56. The summed E-state index contributed by atoms with van der Waals surface area (Å²) in [6.07, 6.45) is -5.27. The Bertz CT molecular complexity index is 821. The molecule has 158 valence electrons. The number of hydrogen-bond acceptors (Lipinski definition) is 6. The van der Waals surface area contributed by atoms with Gasteiger partial charge in [-0.1, -0.05) is 13.8 Å². The predicted octanol–water partition coefficient (Wildman–Crippen LogP) is 2.34. The van der Waals surface area contributed by atoms with Crippen LogP contribution < -0.4 is 9.80 Å². The van der Waals surface area contributed by atoms with E-state index in [0.29, 0.717) is 13.1 Å². The minimum Gasteiger partial charge on any atom is -0.481 e. The van der Waals surface area contributed by atoms with Gasteiger partial charge in [0.15, 0.2) is 0 Å². The van der Waals surface area contributed by atoms with Crippen LogP contribution >= 0.6 is 0 Å². The quantitative estimate of drug-likeness (QED) is 0.783. The maximum absolute atomic E-state index is 13.5. The van der Waals surface area contributed by atoms with E-state index < -0.39 is 29.4 Å². The monoisotopic (exact) mass is 412 g/mol. The molecule has 2 aliphatic heterocycles. The Morgan fingerprint density at radius 2 is 1.83 bits per heavy atom. The van der Waals surface area contributed by atoms with Crippen molar-refractivity contribution in [2.45, 2.75) is 32.5 Å². The molecule has 0 radical (unpaired) electrons. The van der Waals surface area contributed by atoms with Gasteiger partial charge in [-0.25, -0.2) is 4.98 Å². The fraction of sp³-hybridized carbons (Fsp3) is 0.632. The third-order valence-corrected chi connectivity index (χ3v) is 5.67. The fourth-order valence-corrected chi connectivity index (χ4v) is 4.21. The standard InChI is InChI=1S/C17H17F3N4O3.C2H6/c18-17(19,20)13-2-14(22-16(10(13)3-21)24-4-8(25)5-24)23-6-11-9(1-15(26)27)12(11)7-23;1-2/h2,8-9,11-12,25H,1,4-7H2,(H,26,27);1-2H3/t9?,11-,12+;. The van der Waals surface area contributed by atoms with Crippen LogP contribution in [0.2, 0.25) is 0 Å². The lowest BCUT2D eigenvalue weighted by molar-refractivity contribution is -0.138. The number of aliphatic hydroxyl groups is 1. The molecule has 0 bridgehead atoms. The van der Waals surface area contributed by atoms with Crippen LogP contribution in [0, 0.1) is 29.1 Å². The highest BCUT2D eigenvalue weighted by Crippen LogP contribution is 2.54. The molecule has 0 amide bonds. The molecular formula is C19H23F3N4O3. The summed E-state index contributed by atoms with van der Waals surface area (Å²) in [5.74, 6) is -0.404. The van der Waals surface area contributed by atoms with Gasteiger partial charge >= 0.3 is 12.1 Å². The number of aliphatic hydroxyl groups excluding tert-OH is 1. The highest BCUT2D eigenvalue weighted by molar-refractivity contribution is 5.68. The van der Waals surface area contributed by atoms with E-state index in [1.807, 2.05) is 13.8 Å². The maximum Gasteiger partial charge on any atom is 0.417 e. The lowest BCUT2D eigenvalue weighted by atomic mass is 10.1. The number of carboxylic acids is 1. The van der Waals surface area contributed by atoms with Gasteiger partial charge in [0, 0.05) is 32.6 Å². The van der Waals surface area contributed by atoms with Crippen molar-refractivity contribution < 1.29 is 28.2 Å². The van der Waals surface area contributed by atoms with Crippen molar-refractivity contribution in [2.24, 2.45) is 17.8 Å². The van der Waals surface area contributed by atoms with Gasteiger partial charge in [0.25, 0.3) is 0 Å². The van der Waals surface area contributed by atoms with E-state index in [1.54, 1.807) is 11.0 Å². The number of hydrogen-bond donors (Lipinski definition) is 2. The zero-order valence-electron chi connectivity index (χ0n) is 16.1. The summed E-state index contributed by atoms with van der Waals surface area (Å²) in [6.45, 7) is 5.19. The Hall–Kier alpha value is -2.54. The van der Waals surface area contributed by atoms with Crippen molar-refractivity contribution in [2.75, 3.05) is 36.0 Å². The number of rotatable bonds is 4. The first-order valence-corrected chi connectivity index (χ1v) is 9.61. The summed E-state index contributed by atoms with van der Waals surface area (Å²) < 4.78 is 40.5. The normalized spacial score (nSPS) is 25.5. The topological polar surface area (TPSA) is 101 Å². The number of pyridine rings is 1. The summed E-state index contributed by atoms with van der Waals surface area (Å²) in [6, 6.07) is 2.51. The fourth-order valence-electron chi connectivity index (χ4n) is 4.21. The van der Waals surface area contributed by atoms with Crippen LogP contribution in [0.1, 0.15) is 31.4 Å². The molecule has 1 aliphatic carbocycles. The molecule has 1 aromatic rings. The van der Waals surface area contributed by atoms with Crippen LogP contribution in [-0.4, -0.2) is 53.4 Å². The van der Waals surface area contributed by atoms with Crippen molar-refractivity contribution in [3.63, 3.8) is 0 Å². The van der Waals surface area contributed by atoms with Crippen LogP contribution in [0.3, 0.4) is 0 Å². The smallest absolute Gasteiger partial charge is 0.417 e. The van der Waals surface area contributed by atoms with Gasteiger partial charge in [-0.15, -0.1) is 0 Å². The Kier molecular flexibility index (Phi) is 5.63. The molecule has 1 aromatic heterocycles. The van der Waals surface area contributed by atoms with E-state index in [9.17, 15) is 28.3 Å². The van der Waals surface area contributed by atoms with Crippen molar-refractivity contribution in [3.05, 3.63) is 17.2 Å². The minimum absolute atomic E-state index is 0.0599. The largest absolute Gasteiger partial charge is 0.481 e. The van der Waals surface area contributed by atoms with E-state index in [1.165, 1.54) is 4.90 Å². The third-order valence-electron chi connectivity index (χ3n) is 5.67. The number of halogens is 3. The number of aliphatic carboxylic acids is 1. The molecule has 3 aliphatic rings. The number of alkyl halides is 3. The van der Waals surface area contributed by atoms with Gasteiger partial charge < -0.3 is 20.0 Å². The first-order chi connectivity index (χ1) is 13.7. The molecule has 3 fully saturated rings. The summed E-state index contributed by atoms with van der Waals surface area (Å²) in [5.41, 5.74) is -1.57. The summed E-state index contributed by atoms with van der Waals surface area (Å²) in [7, 11) is 0. The first kappa shape index (κ1) is 21.2. The average molecular weight is 412 g/mol. The summed E-state index contributed by atoms with van der Waals surface area (Å²) in [5, 5.41) is 27.6. The number of β-amino-alcohol motifs (C(OH)–C–C–N with tert-alkyl or cyclic N) is 1. The molecule has 29 heavy (non-hydrogen) atoms. The van der Waals surface area contributed by atoms with Crippen LogP contribution in [0.5, 0.6) is 0 Å². The SMILES string of the molecule is CC.N#Cc1c(C(F)(F)F)cc(N2C[C@@H]3C(CC(=O)O)[C@@H]3C2)nc1N1CC(O)C1. The molecule has 1 unspecified atom stereocenters. The van der Waals surface area contributed by atoms with Gasteiger partial charge in [-0.2, -0.15) is 18.4 Å². The second-order valence-electron chi connectivity index (χ2n) is 7.39. The van der Waals surface area contributed by atoms with Crippen LogP contribution in [0.25, 0.3) is 0 Å². The number of aromatic nitrogens is 1. The molecule has 2 N–H and O–H groups in total. The second kappa shape index (κ2) is 7.71. The zero-order valence-corrected chi connectivity index (χ0v) is 16.1. The van der Waals surface area contributed by atoms with E-state index in [2.05, 4.69) is 4.98 Å². The van der Waals surface area contributed by atoms with Crippen molar-refractivity contribution >= 4 is 17.6 Å². The molecule has 0 aromatic carbocycles. The van der Waals surface area contributed by atoms with Crippen molar-refractivity contribution in [3.8, 4) is 6.07 Å². The lowest BCUT2D eigenvalue weighted by Crippen LogP contribution is -2.51. The van der Waals surface area contributed by atoms with Crippen LogP contribution in [0.15, 0.2) is 6.07 Å². The van der Waals surface area contributed by atoms with E-state index in [4.69, 9.17) is 5.11 Å². The molecule has 0 spiro atoms. The molecule has 7 nitrogen and oxygen atoms in total. The molecule has 4 rings (SSSR count). The van der Waals surface area contributed by atoms with Crippen LogP contribution in [-0.2, 0) is 11.0 Å². The third kappa shape index (κ3) is 3.96. The molecule has 3 atom stereocenters. The Morgan fingerprint density at radius 3 is 2.28 bits per heavy atom. The van der Waals surface area contributed by atoms with E-state index >= 15 is 0 Å². The number of fused-ring (bicyclic) bond motifs is 1. The molecular weight excluding hydrogens is 389 g/mol. The van der Waals surface area contributed by atoms with Crippen LogP contribution in [0.4, 0.5) is 24.8 Å². The summed E-state index contributed by atoms with van der Waals surface area (Å²) >= 11 is 0. The highest BCUT2D eigenvalue weighted by atomic mass is 19.4. The Morgan fingerprint density at radius 1 is 1.24 bits per heavy atom. The second-order valence-corrected chi connectivity index (χ2v) is 7.39. The van der Waals surface area contributed by atoms with Gasteiger partial charge in [-0.3, -0.25) is 4.79 Å². The van der Waals surface area contributed by atoms with E-state index in [-0.39, 0.29) is 48.9 Å². The number of anilines is 2. The van der Waals surface area contributed by atoms with E-state index in [0.717, 1.165) is 6.07 Å². The number of carbonyl (C=O) groups is 1. The van der Waals surface area contributed by atoms with Crippen molar-refractivity contribution in [1.29, 1.82) is 5.26 Å². The van der Waals surface area contributed by atoms with Gasteiger partial charge in [0.2, 0.25) is 0 Å². The molecule has 2 saturated heterocycles. The minimum atomic E-state index is -4.70. The first-order valence-electron chi connectivity index (χ1n) is 9.61. The van der Waals surface area contributed by atoms with Gasteiger partial charge in [0.1, 0.15) is 23.3 Å². The lowest BCUT2D eigenvalue weighted by Gasteiger charge is -2.38. The Balaban J connectivity index is 0.00000117. The molecule has 3 heterocycles. The number of piperidine rings is 1.